The van der Waals surface area contributed by atoms with Gasteiger partial charge in [-0.3, -0.25) is 0 Å². The number of nitrogens with zero attached hydrogens (tertiary/aromatic N) is 2. The fraction of sp³-hybridized carbons (Fsp3) is 0.167. The summed E-state index contributed by atoms with van der Waals surface area (Å²) in [4.78, 5) is 0. The van der Waals surface area contributed by atoms with E-state index in [2.05, 4.69) is 13.8 Å². The number of aromatic nitrogens is 2. The van der Waals surface area contributed by atoms with E-state index in [9.17, 15) is 0 Å². The second-order valence-corrected chi connectivity index (χ2v) is 6.57. The first-order valence-electron chi connectivity index (χ1n) is 7.31. The molecule has 5 heteroatoms. The van der Waals surface area contributed by atoms with Gasteiger partial charge in [-0.1, -0.05) is 53.9 Å². The highest BCUT2D eigenvalue weighted by atomic mass is 35.5. The van der Waals surface area contributed by atoms with Crippen molar-refractivity contribution in [2.75, 3.05) is 0 Å². The van der Waals surface area contributed by atoms with Crippen molar-refractivity contribution < 1.29 is 0 Å². The van der Waals surface area contributed by atoms with Crippen molar-refractivity contribution in [1.82, 2.24) is 9.78 Å². The van der Waals surface area contributed by atoms with Gasteiger partial charge in [-0.05, 0) is 49.2 Å². The average Bonchev–Trinajstić information content (AvgIpc) is 2.85. The van der Waals surface area contributed by atoms with Crippen LogP contribution in [0.4, 0.5) is 0 Å². The molecular weight excluding hydrogens is 351 g/mol. The van der Waals surface area contributed by atoms with Crippen molar-refractivity contribution in [2.24, 2.45) is 0 Å². The number of halogens is 3. The molecular formula is C18H15Cl3N2. The van der Waals surface area contributed by atoms with E-state index in [0.717, 1.165) is 34.6 Å². The van der Waals surface area contributed by atoms with Crippen LogP contribution in [0, 0.1) is 6.92 Å². The smallest absolute Gasteiger partial charge is 0.0840 e. The molecule has 0 aliphatic carbocycles. The highest BCUT2D eigenvalue weighted by Gasteiger charge is 2.18. The molecule has 0 atom stereocenters. The average molecular weight is 366 g/mol. The van der Waals surface area contributed by atoms with Gasteiger partial charge in [0, 0.05) is 15.6 Å². The molecule has 3 aromatic rings. The normalized spacial score (nSPS) is 11.0. The summed E-state index contributed by atoms with van der Waals surface area (Å²) < 4.78 is 1.88. The highest BCUT2D eigenvalue weighted by Crippen LogP contribution is 2.33. The maximum absolute atomic E-state index is 6.39. The fourth-order valence-electron chi connectivity index (χ4n) is 2.65. The molecule has 0 amide bonds. The zero-order valence-electron chi connectivity index (χ0n) is 12.8. The van der Waals surface area contributed by atoms with E-state index in [4.69, 9.17) is 39.9 Å². The SMILES string of the molecule is CCc1nn(-c2ccc(Cl)cc2Cl)c(-c2ccc(Cl)cc2)c1C. The van der Waals surface area contributed by atoms with Crippen molar-refractivity contribution in [2.45, 2.75) is 20.3 Å². The molecule has 0 aliphatic heterocycles. The van der Waals surface area contributed by atoms with Gasteiger partial charge in [0.1, 0.15) is 0 Å². The summed E-state index contributed by atoms with van der Waals surface area (Å²) in [6, 6.07) is 13.2. The summed E-state index contributed by atoms with van der Waals surface area (Å²) in [5.41, 5.74) is 5.05. The van der Waals surface area contributed by atoms with Gasteiger partial charge in [-0.15, -0.1) is 0 Å². The second-order valence-electron chi connectivity index (χ2n) is 5.29. The third-order valence-electron chi connectivity index (χ3n) is 3.81. The lowest BCUT2D eigenvalue weighted by Gasteiger charge is -2.11. The van der Waals surface area contributed by atoms with Crippen molar-refractivity contribution in [3.63, 3.8) is 0 Å². The van der Waals surface area contributed by atoms with Crippen LogP contribution >= 0.6 is 34.8 Å². The van der Waals surface area contributed by atoms with Crippen LogP contribution in [-0.2, 0) is 6.42 Å². The number of hydrogen-bond acceptors (Lipinski definition) is 1. The predicted molar refractivity (Wildman–Crippen MR) is 98.1 cm³/mol. The zero-order valence-corrected chi connectivity index (χ0v) is 15.0. The Bertz CT molecular complexity index is 851. The van der Waals surface area contributed by atoms with Gasteiger partial charge in [0.2, 0.25) is 0 Å². The van der Waals surface area contributed by atoms with Gasteiger partial charge >= 0.3 is 0 Å². The van der Waals surface area contributed by atoms with Crippen LogP contribution in [0.5, 0.6) is 0 Å². The van der Waals surface area contributed by atoms with Crippen LogP contribution in [0.15, 0.2) is 42.5 Å². The molecule has 1 heterocycles. The number of benzene rings is 2. The van der Waals surface area contributed by atoms with Crippen LogP contribution in [-0.4, -0.2) is 9.78 Å². The molecule has 0 bridgehead atoms. The van der Waals surface area contributed by atoms with Crippen LogP contribution in [0.25, 0.3) is 16.9 Å². The molecule has 23 heavy (non-hydrogen) atoms. The lowest BCUT2D eigenvalue weighted by molar-refractivity contribution is 0.846. The van der Waals surface area contributed by atoms with E-state index < -0.39 is 0 Å². The largest absolute Gasteiger partial charge is 0.231 e. The Morgan fingerprint density at radius 1 is 0.957 bits per heavy atom. The molecule has 0 unspecified atom stereocenters. The van der Waals surface area contributed by atoms with Crippen molar-refractivity contribution in [3.8, 4) is 16.9 Å². The van der Waals surface area contributed by atoms with Crippen LogP contribution in [0.1, 0.15) is 18.2 Å². The lowest BCUT2D eigenvalue weighted by Crippen LogP contribution is -2.00. The molecule has 0 radical (unpaired) electrons. The first kappa shape index (κ1) is 16.4. The zero-order chi connectivity index (χ0) is 16.6. The first-order valence-corrected chi connectivity index (χ1v) is 8.44. The quantitative estimate of drug-likeness (QED) is 0.527. The van der Waals surface area contributed by atoms with Crippen molar-refractivity contribution >= 4 is 34.8 Å². The molecule has 118 valence electrons. The van der Waals surface area contributed by atoms with Gasteiger partial charge in [0.25, 0.3) is 0 Å². The van der Waals surface area contributed by atoms with E-state index in [0.29, 0.717) is 15.1 Å². The Morgan fingerprint density at radius 2 is 1.61 bits per heavy atom. The maximum atomic E-state index is 6.39. The molecule has 0 aliphatic rings. The van der Waals surface area contributed by atoms with Crippen LogP contribution in [0.2, 0.25) is 15.1 Å². The Morgan fingerprint density at radius 3 is 2.22 bits per heavy atom. The highest BCUT2D eigenvalue weighted by molar-refractivity contribution is 6.35. The monoisotopic (exact) mass is 364 g/mol. The van der Waals surface area contributed by atoms with Crippen molar-refractivity contribution in [1.29, 1.82) is 0 Å². The molecule has 0 N–H and O–H groups in total. The summed E-state index contributed by atoms with van der Waals surface area (Å²) in [6.45, 7) is 4.17. The summed E-state index contributed by atoms with van der Waals surface area (Å²) in [6.07, 6.45) is 0.852. The molecule has 1 aromatic heterocycles. The van der Waals surface area contributed by atoms with Crippen LogP contribution in [0.3, 0.4) is 0 Å². The van der Waals surface area contributed by atoms with E-state index in [1.54, 1.807) is 6.07 Å². The Hall–Kier alpha value is -1.48. The predicted octanol–water partition coefficient (Wildman–Crippen LogP) is 6.37. The van der Waals surface area contributed by atoms with Gasteiger partial charge in [-0.2, -0.15) is 5.10 Å². The second kappa shape index (κ2) is 6.56. The van der Waals surface area contributed by atoms with E-state index >= 15 is 0 Å². The van der Waals surface area contributed by atoms with Gasteiger partial charge < -0.3 is 0 Å². The number of aryl methyl sites for hydroxylation is 1. The third-order valence-corrected chi connectivity index (χ3v) is 4.60. The summed E-state index contributed by atoms with van der Waals surface area (Å²) >= 11 is 18.4. The molecule has 0 fully saturated rings. The molecule has 0 saturated carbocycles. The van der Waals surface area contributed by atoms with Crippen molar-refractivity contribution in [3.05, 3.63) is 68.8 Å². The minimum absolute atomic E-state index is 0.567. The van der Waals surface area contributed by atoms with Crippen LogP contribution < -0.4 is 0 Å². The number of rotatable bonds is 3. The molecule has 0 spiro atoms. The fourth-order valence-corrected chi connectivity index (χ4v) is 3.27. The first-order chi connectivity index (χ1) is 11.0. The number of hydrogen-bond donors (Lipinski definition) is 0. The summed E-state index contributed by atoms with van der Waals surface area (Å²) in [5.74, 6) is 0. The van der Waals surface area contributed by atoms with E-state index in [1.165, 1.54) is 0 Å². The molecule has 2 nitrogen and oxygen atoms in total. The minimum Gasteiger partial charge on any atom is -0.231 e. The Labute approximate surface area is 150 Å². The van der Waals surface area contributed by atoms with E-state index in [-0.39, 0.29) is 0 Å². The standard InChI is InChI=1S/C18H15Cl3N2/c1-3-16-11(2)18(12-4-6-13(19)7-5-12)23(22-16)17-9-8-14(20)10-15(17)21/h4-10H,3H2,1-2H3. The molecule has 2 aromatic carbocycles. The van der Waals surface area contributed by atoms with Gasteiger partial charge in [-0.25, -0.2) is 4.68 Å². The Kier molecular flexibility index (Phi) is 4.67. The van der Waals surface area contributed by atoms with E-state index in [1.807, 2.05) is 41.1 Å². The Balaban J connectivity index is 2.26. The maximum Gasteiger partial charge on any atom is 0.0840 e. The topological polar surface area (TPSA) is 17.8 Å². The molecule has 0 saturated heterocycles. The van der Waals surface area contributed by atoms with Gasteiger partial charge in [0.05, 0.1) is 22.1 Å². The van der Waals surface area contributed by atoms with Gasteiger partial charge in [0.15, 0.2) is 0 Å². The third kappa shape index (κ3) is 3.12. The minimum atomic E-state index is 0.567. The summed E-state index contributed by atoms with van der Waals surface area (Å²) in [7, 11) is 0. The molecule has 3 rings (SSSR count). The summed E-state index contributed by atoms with van der Waals surface area (Å²) in [5, 5.41) is 6.62. The lowest BCUT2D eigenvalue weighted by atomic mass is 10.1.